The molecule has 7 heteroatoms. The minimum Gasteiger partial charge on any atom is -0.494 e. The number of anilines is 1. The molecule has 29 heavy (non-hydrogen) atoms. The summed E-state index contributed by atoms with van der Waals surface area (Å²) in [5.74, 6) is 0.727. The number of nitrogens with zero attached hydrogens (tertiary/aromatic N) is 3. The summed E-state index contributed by atoms with van der Waals surface area (Å²) in [6, 6.07) is 13.6. The minimum atomic E-state index is -0.0420. The van der Waals surface area contributed by atoms with Crippen molar-refractivity contribution in [2.75, 3.05) is 38.7 Å². The van der Waals surface area contributed by atoms with Crippen LogP contribution in [0.1, 0.15) is 29.8 Å². The van der Waals surface area contributed by atoms with E-state index in [9.17, 15) is 4.79 Å². The monoisotopic (exact) mass is 433 g/mol. The third kappa shape index (κ3) is 5.69. The zero-order valence-electron chi connectivity index (χ0n) is 17.3. The van der Waals surface area contributed by atoms with Crippen molar-refractivity contribution in [1.82, 2.24) is 9.88 Å². The van der Waals surface area contributed by atoms with E-state index in [-0.39, 0.29) is 18.3 Å². The molecule has 156 valence electrons. The Morgan fingerprint density at radius 3 is 2.41 bits per heavy atom. The summed E-state index contributed by atoms with van der Waals surface area (Å²) < 4.78 is 6.60. The van der Waals surface area contributed by atoms with E-state index in [1.807, 2.05) is 51.4 Å². The highest BCUT2D eigenvalue weighted by molar-refractivity contribution is 7.22. The van der Waals surface area contributed by atoms with Crippen LogP contribution < -0.4 is 9.64 Å². The molecule has 2 aromatic carbocycles. The molecule has 0 N–H and O–H groups in total. The molecule has 0 bridgehead atoms. The van der Waals surface area contributed by atoms with E-state index in [4.69, 9.17) is 9.72 Å². The number of carbonyl (C=O) groups is 1. The van der Waals surface area contributed by atoms with Crippen molar-refractivity contribution in [1.29, 1.82) is 0 Å². The van der Waals surface area contributed by atoms with Crippen molar-refractivity contribution in [3.63, 3.8) is 0 Å². The van der Waals surface area contributed by atoms with E-state index in [2.05, 4.69) is 24.0 Å². The van der Waals surface area contributed by atoms with Crippen LogP contribution in [0.15, 0.2) is 42.5 Å². The summed E-state index contributed by atoms with van der Waals surface area (Å²) in [6.45, 7) is 6.03. The Bertz CT molecular complexity index is 941. The van der Waals surface area contributed by atoms with Crippen LogP contribution in [0.5, 0.6) is 5.75 Å². The maximum atomic E-state index is 13.3. The van der Waals surface area contributed by atoms with Gasteiger partial charge in [0.15, 0.2) is 5.13 Å². The van der Waals surface area contributed by atoms with E-state index < -0.39 is 0 Å². The van der Waals surface area contributed by atoms with Crippen molar-refractivity contribution >= 4 is 45.0 Å². The van der Waals surface area contributed by atoms with Gasteiger partial charge in [0.1, 0.15) is 5.75 Å². The topological polar surface area (TPSA) is 45.7 Å². The number of halogens is 1. The van der Waals surface area contributed by atoms with Crippen LogP contribution in [-0.2, 0) is 6.42 Å². The van der Waals surface area contributed by atoms with E-state index in [0.29, 0.717) is 18.7 Å². The maximum absolute atomic E-state index is 13.3. The molecule has 3 rings (SSSR count). The highest BCUT2D eigenvalue weighted by Crippen LogP contribution is 2.30. The standard InChI is InChI=1S/C22H27N3O2S.ClH/c1-5-16-7-12-19-20(15-16)28-22(23-19)25(14-13-24(3)4)21(26)17-8-10-18(11-9-17)27-6-2;/h7-12,15H,5-6,13-14H2,1-4H3;1H. The second kappa shape index (κ2) is 10.6. The predicted octanol–water partition coefficient (Wildman–Crippen LogP) is 4.89. The number of aryl methyl sites for hydroxylation is 1. The first-order chi connectivity index (χ1) is 13.5. The van der Waals surface area contributed by atoms with Crippen molar-refractivity contribution < 1.29 is 9.53 Å². The molecule has 0 aliphatic heterocycles. The lowest BCUT2D eigenvalue weighted by atomic mass is 10.2. The molecule has 1 aromatic heterocycles. The number of amides is 1. The van der Waals surface area contributed by atoms with Gasteiger partial charge in [-0.05, 0) is 69.4 Å². The number of aromatic nitrogens is 1. The predicted molar refractivity (Wildman–Crippen MR) is 124 cm³/mol. The number of fused-ring (bicyclic) bond motifs is 1. The van der Waals surface area contributed by atoms with Crippen molar-refractivity contribution in [3.05, 3.63) is 53.6 Å². The third-order valence-electron chi connectivity index (χ3n) is 4.51. The van der Waals surface area contributed by atoms with E-state index in [1.54, 1.807) is 16.2 Å². The van der Waals surface area contributed by atoms with Gasteiger partial charge in [-0.15, -0.1) is 12.4 Å². The Balaban J connectivity index is 0.00000300. The summed E-state index contributed by atoms with van der Waals surface area (Å²) in [7, 11) is 4.01. The summed E-state index contributed by atoms with van der Waals surface area (Å²) >= 11 is 1.57. The number of rotatable bonds is 8. The van der Waals surface area contributed by atoms with Crippen LogP contribution in [0.4, 0.5) is 5.13 Å². The van der Waals surface area contributed by atoms with Crippen molar-refractivity contribution in [3.8, 4) is 5.75 Å². The van der Waals surface area contributed by atoms with Gasteiger partial charge < -0.3 is 9.64 Å². The lowest BCUT2D eigenvalue weighted by molar-refractivity contribution is 0.0985. The van der Waals surface area contributed by atoms with Crippen LogP contribution in [0.2, 0.25) is 0 Å². The molecule has 0 aliphatic rings. The Hall–Kier alpha value is -2.15. The Kier molecular flexibility index (Phi) is 8.44. The van der Waals surface area contributed by atoms with Gasteiger partial charge in [-0.2, -0.15) is 0 Å². The highest BCUT2D eigenvalue weighted by atomic mass is 35.5. The van der Waals surface area contributed by atoms with Gasteiger partial charge in [0, 0.05) is 18.7 Å². The summed E-state index contributed by atoms with van der Waals surface area (Å²) in [5.41, 5.74) is 2.85. The van der Waals surface area contributed by atoms with Gasteiger partial charge >= 0.3 is 0 Å². The minimum absolute atomic E-state index is 0. The normalized spacial score (nSPS) is 10.8. The first kappa shape index (κ1) is 23.1. The summed E-state index contributed by atoms with van der Waals surface area (Å²) in [4.78, 5) is 21.9. The number of benzene rings is 2. The smallest absolute Gasteiger partial charge is 0.260 e. The molecule has 0 aliphatic carbocycles. The zero-order chi connectivity index (χ0) is 20.1. The number of likely N-dealkylation sites (N-methyl/N-ethyl adjacent to an activating group) is 1. The largest absolute Gasteiger partial charge is 0.494 e. The Morgan fingerprint density at radius 1 is 1.07 bits per heavy atom. The molecule has 1 heterocycles. The number of hydrogen-bond donors (Lipinski definition) is 0. The average Bonchev–Trinajstić information content (AvgIpc) is 3.11. The molecule has 0 unspecified atom stereocenters. The number of thiazole rings is 1. The van der Waals surface area contributed by atoms with Crippen LogP contribution in [-0.4, -0.2) is 49.6 Å². The summed E-state index contributed by atoms with van der Waals surface area (Å²) in [5, 5.41) is 0.740. The lowest BCUT2D eigenvalue weighted by Gasteiger charge is -2.22. The fourth-order valence-corrected chi connectivity index (χ4v) is 3.95. The molecule has 0 radical (unpaired) electrons. The van der Waals surface area contributed by atoms with Gasteiger partial charge in [-0.25, -0.2) is 4.98 Å². The van der Waals surface area contributed by atoms with Crippen molar-refractivity contribution in [2.24, 2.45) is 0 Å². The number of carbonyl (C=O) groups excluding carboxylic acids is 1. The molecular formula is C22H28ClN3O2S. The van der Waals surface area contributed by atoms with Crippen LogP contribution in [0.25, 0.3) is 10.2 Å². The van der Waals surface area contributed by atoms with Crippen molar-refractivity contribution in [2.45, 2.75) is 20.3 Å². The molecule has 1 amide bonds. The Morgan fingerprint density at radius 2 is 1.79 bits per heavy atom. The molecule has 5 nitrogen and oxygen atoms in total. The van der Waals surface area contributed by atoms with Gasteiger partial charge in [0.05, 0.1) is 16.8 Å². The molecular weight excluding hydrogens is 406 g/mol. The zero-order valence-corrected chi connectivity index (χ0v) is 19.0. The first-order valence-electron chi connectivity index (χ1n) is 9.60. The summed E-state index contributed by atoms with van der Waals surface area (Å²) in [6.07, 6.45) is 0.985. The second-order valence-corrected chi connectivity index (χ2v) is 7.88. The van der Waals surface area contributed by atoms with Gasteiger partial charge in [-0.1, -0.05) is 24.3 Å². The number of ether oxygens (including phenoxy) is 1. The third-order valence-corrected chi connectivity index (χ3v) is 5.55. The molecule has 0 fully saturated rings. The van der Waals surface area contributed by atoms with Gasteiger partial charge in [0.25, 0.3) is 5.91 Å². The van der Waals surface area contributed by atoms with Gasteiger partial charge in [0.2, 0.25) is 0 Å². The fraction of sp³-hybridized carbons (Fsp3) is 0.364. The molecule has 0 saturated heterocycles. The second-order valence-electron chi connectivity index (χ2n) is 6.87. The molecule has 0 spiro atoms. The van der Waals surface area contributed by atoms with E-state index in [0.717, 1.165) is 34.1 Å². The van der Waals surface area contributed by atoms with E-state index >= 15 is 0 Å². The molecule has 3 aromatic rings. The quantitative estimate of drug-likeness (QED) is 0.507. The number of hydrogen-bond acceptors (Lipinski definition) is 5. The molecule has 0 atom stereocenters. The van der Waals surface area contributed by atoms with Crippen LogP contribution >= 0.6 is 23.7 Å². The van der Waals surface area contributed by atoms with Gasteiger partial charge in [-0.3, -0.25) is 9.69 Å². The van der Waals surface area contributed by atoms with E-state index in [1.165, 1.54) is 5.56 Å². The lowest BCUT2D eigenvalue weighted by Crippen LogP contribution is -2.36. The SMILES string of the molecule is CCOc1ccc(C(=O)N(CCN(C)C)c2nc3ccc(CC)cc3s2)cc1.Cl. The fourth-order valence-electron chi connectivity index (χ4n) is 2.89. The average molecular weight is 434 g/mol. The maximum Gasteiger partial charge on any atom is 0.260 e. The highest BCUT2D eigenvalue weighted by Gasteiger charge is 2.21. The Labute approximate surface area is 182 Å². The molecule has 0 saturated carbocycles. The van der Waals surface area contributed by atoms with Crippen LogP contribution in [0, 0.1) is 0 Å². The van der Waals surface area contributed by atoms with Crippen LogP contribution in [0.3, 0.4) is 0 Å². The first-order valence-corrected chi connectivity index (χ1v) is 10.4.